The predicted molar refractivity (Wildman–Crippen MR) is 153 cm³/mol. The summed E-state index contributed by atoms with van der Waals surface area (Å²) in [5.74, 6) is -1.04. The zero-order valence-electron chi connectivity index (χ0n) is 21.9. The third kappa shape index (κ3) is 6.78. The van der Waals surface area contributed by atoms with Crippen LogP contribution in [0.2, 0.25) is 0 Å². The van der Waals surface area contributed by atoms with Gasteiger partial charge < -0.3 is 15.1 Å². The minimum Gasteiger partial charge on any atom is -0.346 e. The van der Waals surface area contributed by atoms with Crippen LogP contribution in [-0.4, -0.2) is 75.5 Å². The molecule has 0 spiro atoms. The van der Waals surface area contributed by atoms with Gasteiger partial charge in [0.05, 0.1) is 22.9 Å². The number of carbonyl (C=O) groups excluding carboxylic acids is 1. The van der Waals surface area contributed by atoms with E-state index in [4.69, 9.17) is 10.2 Å². The van der Waals surface area contributed by atoms with Gasteiger partial charge in [0.15, 0.2) is 5.13 Å². The fraction of sp³-hybridized carbons (Fsp3) is 0.393. The van der Waals surface area contributed by atoms with E-state index in [0.29, 0.717) is 5.56 Å². The first-order valence-corrected chi connectivity index (χ1v) is 15.4. The third-order valence-corrected chi connectivity index (χ3v) is 9.58. The largest absolute Gasteiger partial charge is 0.346 e. The lowest BCUT2D eigenvalue weighted by atomic mass is 9.90. The molecule has 38 heavy (non-hydrogen) atoms. The summed E-state index contributed by atoms with van der Waals surface area (Å²) in [6.07, 6.45) is 1.31. The van der Waals surface area contributed by atoms with Gasteiger partial charge in [-0.3, -0.25) is 4.79 Å². The number of carbonyl (C=O) groups is 1. The molecule has 3 aromatic rings. The molecule has 0 radical (unpaired) electrons. The maximum Gasteiger partial charge on any atom is 0.228 e. The third-order valence-electron chi connectivity index (χ3n) is 7.03. The molecular formula is C28H33N5O3S2. The lowest BCUT2D eigenvalue weighted by Crippen LogP contribution is -2.44. The van der Waals surface area contributed by atoms with Gasteiger partial charge in [0.2, 0.25) is 5.91 Å². The Hall–Kier alpha value is -3.26. The first-order chi connectivity index (χ1) is 18.2. The Morgan fingerprint density at radius 2 is 1.79 bits per heavy atom. The number of likely N-dealkylation sites (N-methyl/N-ethyl adjacent to an activating group) is 1. The molecule has 1 amide bonds. The molecule has 200 valence electrons. The Bertz CT molecular complexity index is 1400. The van der Waals surface area contributed by atoms with Crippen molar-refractivity contribution in [3.8, 4) is 28.5 Å². The molecule has 1 aliphatic heterocycles. The van der Waals surface area contributed by atoms with E-state index in [0.717, 1.165) is 53.7 Å². The molecule has 2 heterocycles. The van der Waals surface area contributed by atoms with Gasteiger partial charge in [-0.15, -0.1) is 11.3 Å². The van der Waals surface area contributed by atoms with E-state index in [1.165, 1.54) is 6.26 Å². The number of benzene rings is 2. The monoisotopic (exact) mass is 551 g/mol. The van der Waals surface area contributed by atoms with E-state index < -0.39 is 21.0 Å². The van der Waals surface area contributed by atoms with Gasteiger partial charge in [0.25, 0.3) is 0 Å². The highest BCUT2D eigenvalue weighted by Gasteiger charge is 2.27. The second-order valence-corrected chi connectivity index (χ2v) is 13.1. The standard InChI is InChI=1S/C28H33N5O3S2/c1-20(38(3,35)36)17-25(27(34)30-12-11-29)24-6-4-5-23(18-24)21-7-9-22(10-8-21)26-19-37-28(31-26)33-15-13-32(2)14-16-33/h4-10,18-20,25H,12-17H2,1-3H3,(H,30,34). The van der Waals surface area contributed by atoms with Crippen molar-refractivity contribution >= 4 is 32.2 Å². The quantitative estimate of drug-likeness (QED) is 0.404. The Labute approximate surface area is 228 Å². The van der Waals surface area contributed by atoms with Crippen molar-refractivity contribution in [2.75, 3.05) is 50.9 Å². The molecule has 10 heteroatoms. The summed E-state index contributed by atoms with van der Waals surface area (Å²) in [6, 6.07) is 17.7. The van der Waals surface area contributed by atoms with E-state index >= 15 is 0 Å². The van der Waals surface area contributed by atoms with Crippen molar-refractivity contribution in [2.45, 2.75) is 24.5 Å². The molecule has 0 aliphatic carbocycles. The topological polar surface area (TPSA) is 106 Å². The zero-order chi connectivity index (χ0) is 27.3. The number of nitrogens with zero attached hydrogens (tertiary/aromatic N) is 4. The van der Waals surface area contributed by atoms with Crippen LogP contribution in [0, 0.1) is 11.3 Å². The Morgan fingerprint density at radius 1 is 1.11 bits per heavy atom. The van der Waals surface area contributed by atoms with Crippen LogP contribution in [-0.2, 0) is 14.6 Å². The van der Waals surface area contributed by atoms with Crippen LogP contribution in [0.1, 0.15) is 24.8 Å². The van der Waals surface area contributed by atoms with E-state index in [-0.39, 0.29) is 18.9 Å². The fourth-order valence-corrected chi connectivity index (χ4v) is 5.89. The minimum absolute atomic E-state index is 0.128. The normalized spacial score (nSPS) is 16.0. The van der Waals surface area contributed by atoms with Crippen molar-refractivity contribution in [3.63, 3.8) is 0 Å². The number of nitriles is 1. The van der Waals surface area contributed by atoms with E-state index in [9.17, 15) is 13.2 Å². The van der Waals surface area contributed by atoms with Gasteiger partial charge in [0, 0.05) is 43.4 Å². The number of thiazole rings is 1. The number of sulfone groups is 1. The van der Waals surface area contributed by atoms with Crippen LogP contribution in [0.5, 0.6) is 0 Å². The fourth-order valence-electron chi connectivity index (χ4n) is 4.46. The smallest absolute Gasteiger partial charge is 0.228 e. The highest BCUT2D eigenvalue weighted by atomic mass is 32.2. The predicted octanol–water partition coefficient (Wildman–Crippen LogP) is 3.78. The van der Waals surface area contributed by atoms with Crippen LogP contribution >= 0.6 is 11.3 Å². The maximum absolute atomic E-state index is 12.9. The molecule has 1 aromatic heterocycles. The van der Waals surface area contributed by atoms with Gasteiger partial charge in [-0.05, 0) is 37.1 Å². The first kappa shape index (κ1) is 27.8. The number of amides is 1. The number of rotatable bonds is 9. The Balaban J connectivity index is 1.54. The molecule has 1 N–H and O–H groups in total. The van der Waals surface area contributed by atoms with Gasteiger partial charge in [-0.1, -0.05) is 48.5 Å². The number of anilines is 1. The van der Waals surface area contributed by atoms with Crippen LogP contribution in [0.15, 0.2) is 53.9 Å². The SMILES string of the molecule is CC(CC(C(=O)NCC#N)c1cccc(-c2ccc(-c3csc(N4CCN(C)CC4)n3)cc2)c1)S(C)(=O)=O. The Kier molecular flexibility index (Phi) is 8.82. The molecule has 1 saturated heterocycles. The molecule has 1 fully saturated rings. The lowest BCUT2D eigenvalue weighted by molar-refractivity contribution is -0.122. The van der Waals surface area contributed by atoms with Crippen LogP contribution in [0.25, 0.3) is 22.4 Å². The highest BCUT2D eigenvalue weighted by molar-refractivity contribution is 7.91. The summed E-state index contributed by atoms with van der Waals surface area (Å²) in [6.45, 7) is 5.52. The number of hydrogen-bond donors (Lipinski definition) is 1. The van der Waals surface area contributed by atoms with E-state index in [1.807, 2.05) is 54.6 Å². The zero-order valence-corrected chi connectivity index (χ0v) is 23.6. The summed E-state index contributed by atoms with van der Waals surface area (Å²) in [4.78, 5) is 22.4. The second kappa shape index (κ2) is 12.1. The number of hydrogen-bond acceptors (Lipinski definition) is 8. The van der Waals surface area contributed by atoms with Crippen molar-refractivity contribution in [2.24, 2.45) is 0 Å². The molecule has 8 nitrogen and oxygen atoms in total. The van der Waals surface area contributed by atoms with Crippen molar-refractivity contribution < 1.29 is 13.2 Å². The maximum atomic E-state index is 12.9. The molecule has 2 unspecified atom stereocenters. The summed E-state index contributed by atoms with van der Waals surface area (Å²) in [5.41, 5.74) is 4.62. The van der Waals surface area contributed by atoms with E-state index in [1.54, 1.807) is 18.3 Å². The van der Waals surface area contributed by atoms with E-state index in [2.05, 4.69) is 27.5 Å². The molecule has 2 atom stereocenters. The molecule has 2 aromatic carbocycles. The average Bonchev–Trinajstić information content (AvgIpc) is 3.40. The van der Waals surface area contributed by atoms with Gasteiger partial charge in [-0.25, -0.2) is 13.4 Å². The summed E-state index contributed by atoms with van der Waals surface area (Å²) < 4.78 is 24.2. The van der Waals surface area contributed by atoms with Crippen LogP contribution in [0.4, 0.5) is 5.13 Å². The first-order valence-electron chi connectivity index (χ1n) is 12.6. The van der Waals surface area contributed by atoms with Crippen molar-refractivity contribution in [3.05, 3.63) is 59.5 Å². The number of aromatic nitrogens is 1. The van der Waals surface area contributed by atoms with Gasteiger partial charge >= 0.3 is 0 Å². The number of nitrogens with one attached hydrogen (secondary N) is 1. The highest BCUT2D eigenvalue weighted by Crippen LogP contribution is 2.32. The molecule has 0 saturated carbocycles. The molecule has 4 rings (SSSR count). The van der Waals surface area contributed by atoms with Crippen LogP contribution in [0.3, 0.4) is 0 Å². The minimum atomic E-state index is -3.32. The van der Waals surface area contributed by atoms with Crippen molar-refractivity contribution in [1.82, 2.24) is 15.2 Å². The summed E-state index contributed by atoms with van der Waals surface area (Å²) >= 11 is 1.67. The summed E-state index contributed by atoms with van der Waals surface area (Å²) in [7, 11) is -1.18. The molecule has 1 aliphatic rings. The molecule has 0 bridgehead atoms. The lowest BCUT2D eigenvalue weighted by Gasteiger charge is -2.32. The number of piperazine rings is 1. The summed E-state index contributed by atoms with van der Waals surface area (Å²) in [5, 5.41) is 13.9. The van der Waals surface area contributed by atoms with Crippen molar-refractivity contribution in [1.29, 1.82) is 5.26 Å². The Morgan fingerprint density at radius 3 is 2.45 bits per heavy atom. The van der Waals surface area contributed by atoms with Crippen LogP contribution < -0.4 is 10.2 Å². The van der Waals surface area contributed by atoms with Gasteiger partial charge in [-0.2, -0.15) is 5.26 Å². The second-order valence-electron chi connectivity index (χ2n) is 9.81. The molecular weight excluding hydrogens is 518 g/mol. The van der Waals surface area contributed by atoms with Gasteiger partial charge in [0.1, 0.15) is 16.4 Å². The average molecular weight is 552 g/mol.